The molecule has 1 N–H and O–H groups in total. The van der Waals surface area contributed by atoms with Gasteiger partial charge in [-0.05, 0) is 49.2 Å². The molecule has 1 fully saturated rings. The molecule has 0 unspecified atom stereocenters. The van der Waals surface area contributed by atoms with E-state index in [9.17, 15) is 18.0 Å². The quantitative estimate of drug-likeness (QED) is 0.724. The Morgan fingerprint density at radius 2 is 1.93 bits per heavy atom. The molecule has 9 heteroatoms. The van der Waals surface area contributed by atoms with Crippen molar-refractivity contribution in [1.82, 2.24) is 0 Å². The number of nitrogens with zero attached hydrogens (tertiary/aromatic N) is 1. The number of benzene rings is 2. The van der Waals surface area contributed by atoms with Crippen LogP contribution < -0.4 is 14.4 Å². The lowest BCUT2D eigenvalue weighted by Crippen LogP contribution is -2.25. The van der Waals surface area contributed by atoms with Gasteiger partial charge in [-0.1, -0.05) is 6.07 Å². The predicted molar refractivity (Wildman–Crippen MR) is 108 cm³/mol. The number of nitrogens with one attached hydrogen (secondary N) is 1. The SMILES string of the molecule is COC(=O)c1cccc(NS(=O)(=O)c2ccc(OC)c(N3CCCC3=O)c2)c1C. The van der Waals surface area contributed by atoms with Crippen LogP contribution in [0.4, 0.5) is 11.4 Å². The highest BCUT2D eigenvalue weighted by atomic mass is 32.2. The van der Waals surface area contributed by atoms with Gasteiger partial charge < -0.3 is 14.4 Å². The van der Waals surface area contributed by atoms with Crippen molar-refractivity contribution in [1.29, 1.82) is 0 Å². The summed E-state index contributed by atoms with van der Waals surface area (Å²) in [6.07, 6.45) is 1.12. The number of anilines is 2. The van der Waals surface area contributed by atoms with Crippen molar-refractivity contribution in [2.45, 2.75) is 24.7 Å². The smallest absolute Gasteiger partial charge is 0.338 e. The molecular weight excluding hydrogens is 396 g/mol. The van der Waals surface area contributed by atoms with E-state index in [0.29, 0.717) is 36.4 Å². The molecule has 1 amide bonds. The molecule has 2 aromatic rings. The predicted octanol–water partition coefficient (Wildman–Crippen LogP) is 2.72. The molecule has 0 spiro atoms. The number of sulfonamides is 1. The van der Waals surface area contributed by atoms with Crippen LogP contribution in [-0.4, -0.2) is 41.1 Å². The summed E-state index contributed by atoms with van der Waals surface area (Å²) in [5.41, 5.74) is 1.40. The summed E-state index contributed by atoms with van der Waals surface area (Å²) in [7, 11) is -1.25. The Kier molecular flexibility index (Phi) is 5.78. The minimum absolute atomic E-state index is 0.0177. The number of carbonyl (C=O) groups is 2. The minimum Gasteiger partial charge on any atom is -0.495 e. The molecule has 0 aromatic heterocycles. The van der Waals surface area contributed by atoms with Crippen LogP contribution in [0.15, 0.2) is 41.3 Å². The standard InChI is InChI=1S/C20H22N2O6S/c1-13-15(20(24)28-3)6-4-7-16(13)21-29(25,26)14-9-10-18(27-2)17(12-14)22-11-5-8-19(22)23/h4,6-7,9-10,12,21H,5,8,11H2,1-3H3. The Hall–Kier alpha value is -3.07. The molecule has 2 aromatic carbocycles. The summed E-state index contributed by atoms with van der Waals surface area (Å²) in [6, 6.07) is 9.04. The summed E-state index contributed by atoms with van der Waals surface area (Å²) in [6.45, 7) is 2.14. The summed E-state index contributed by atoms with van der Waals surface area (Å²) >= 11 is 0. The van der Waals surface area contributed by atoms with E-state index in [0.717, 1.165) is 0 Å². The number of amides is 1. The van der Waals surface area contributed by atoms with Crippen LogP contribution in [0.2, 0.25) is 0 Å². The average molecular weight is 418 g/mol. The second-order valence-corrected chi connectivity index (χ2v) is 8.24. The zero-order valence-corrected chi connectivity index (χ0v) is 17.2. The highest BCUT2D eigenvalue weighted by Gasteiger charge is 2.27. The molecule has 0 bridgehead atoms. The van der Waals surface area contributed by atoms with Gasteiger partial charge in [-0.15, -0.1) is 0 Å². The lowest BCUT2D eigenvalue weighted by atomic mass is 10.1. The molecule has 0 aliphatic carbocycles. The largest absolute Gasteiger partial charge is 0.495 e. The lowest BCUT2D eigenvalue weighted by molar-refractivity contribution is -0.117. The molecule has 1 aliphatic rings. The highest BCUT2D eigenvalue weighted by Crippen LogP contribution is 2.34. The maximum atomic E-state index is 13.0. The minimum atomic E-state index is -3.98. The lowest BCUT2D eigenvalue weighted by Gasteiger charge is -2.20. The molecule has 3 rings (SSSR count). The van der Waals surface area contributed by atoms with Crippen molar-refractivity contribution in [2.24, 2.45) is 0 Å². The van der Waals surface area contributed by atoms with Crippen LogP contribution in [0, 0.1) is 6.92 Å². The third kappa shape index (κ3) is 4.04. The number of carbonyl (C=O) groups excluding carboxylic acids is 2. The van der Waals surface area contributed by atoms with Gasteiger partial charge in [0.25, 0.3) is 10.0 Å². The topological polar surface area (TPSA) is 102 Å². The van der Waals surface area contributed by atoms with Crippen molar-refractivity contribution in [3.63, 3.8) is 0 Å². The summed E-state index contributed by atoms with van der Waals surface area (Å²) in [5, 5.41) is 0. The van der Waals surface area contributed by atoms with E-state index in [1.165, 1.54) is 37.3 Å². The molecule has 154 valence electrons. The van der Waals surface area contributed by atoms with Crippen LogP contribution in [0.1, 0.15) is 28.8 Å². The summed E-state index contributed by atoms with van der Waals surface area (Å²) < 4.78 is 38.5. The maximum Gasteiger partial charge on any atom is 0.338 e. The van der Waals surface area contributed by atoms with Crippen LogP contribution in [0.3, 0.4) is 0 Å². The van der Waals surface area contributed by atoms with E-state index >= 15 is 0 Å². The number of hydrogen-bond donors (Lipinski definition) is 1. The average Bonchev–Trinajstić information content (AvgIpc) is 3.14. The number of rotatable bonds is 6. The van der Waals surface area contributed by atoms with Gasteiger partial charge >= 0.3 is 5.97 Å². The fourth-order valence-corrected chi connectivity index (χ4v) is 4.37. The molecule has 0 saturated carbocycles. The van der Waals surface area contributed by atoms with Crippen LogP contribution >= 0.6 is 0 Å². The first-order valence-electron chi connectivity index (χ1n) is 8.97. The zero-order valence-electron chi connectivity index (χ0n) is 16.4. The molecule has 0 atom stereocenters. The highest BCUT2D eigenvalue weighted by molar-refractivity contribution is 7.92. The van der Waals surface area contributed by atoms with Crippen LogP contribution in [-0.2, 0) is 19.6 Å². The van der Waals surface area contributed by atoms with Gasteiger partial charge in [0.15, 0.2) is 0 Å². The van der Waals surface area contributed by atoms with E-state index < -0.39 is 16.0 Å². The third-order valence-corrected chi connectivity index (χ3v) is 6.17. The first-order chi connectivity index (χ1) is 13.8. The Labute approximate surface area is 169 Å². The van der Waals surface area contributed by atoms with E-state index in [-0.39, 0.29) is 22.1 Å². The van der Waals surface area contributed by atoms with Crippen LogP contribution in [0.5, 0.6) is 5.75 Å². The van der Waals surface area contributed by atoms with Crippen LogP contribution in [0.25, 0.3) is 0 Å². The Morgan fingerprint density at radius 1 is 1.17 bits per heavy atom. The summed E-state index contributed by atoms with van der Waals surface area (Å²) in [5.74, 6) is -0.210. The Bertz CT molecular complexity index is 1060. The van der Waals surface area contributed by atoms with Crippen molar-refractivity contribution < 1.29 is 27.5 Å². The molecule has 8 nitrogen and oxygen atoms in total. The van der Waals surface area contributed by atoms with E-state index in [4.69, 9.17) is 9.47 Å². The van der Waals surface area contributed by atoms with Crippen molar-refractivity contribution in [3.05, 3.63) is 47.5 Å². The normalized spacial score (nSPS) is 14.0. The van der Waals surface area contributed by atoms with E-state index in [1.54, 1.807) is 25.1 Å². The van der Waals surface area contributed by atoms with E-state index in [1.807, 2.05) is 0 Å². The van der Waals surface area contributed by atoms with Gasteiger partial charge in [-0.3, -0.25) is 9.52 Å². The van der Waals surface area contributed by atoms with Gasteiger partial charge in [0, 0.05) is 13.0 Å². The molecule has 1 saturated heterocycles. The van der Waals surface area contributed by atoms with E-state index in [2.05, 4.69) is 4.72 Å². The molecular formula is C20H22N2O6S. The maximum absolute atomic E-state index is 13.0. The second-order valence-electron chi connectivity index (χ2n) is 6.56. The second kappa shape index (κ2) is 8.12. The first kappa shape index (κ1) is 20.7. The Morgan fingerprint density at radius 3 is 2.55 bits per heavy atom. The van der Waals surface area contributed by atoms with Gasteiger partial charge in [0.1, 0.15) is 5.75 Å². The molecule has 29 heavy (non-hydrogen) atoms. The summed E-state index contributed by atoms with van der Waals surface area (Å²) in [4.78, 5) is 25.5. The number of esters is 1. The fraction of sp³-hybridized carbons (Fsp3) is 0.300. The van der Waals surface area contributed by atoms with Crippen molar-refractivity contribution >= 4 is 33.3 Å². The van der Waals surface area contributed by atoms with Gasteiger partial charge in [0.2, 0.25) is 5.91 Å². The Balaban J connectivity index is 1.98. The first-order valence-corrected chi connectivity index (χ1v) is 10.5. The van der Waals surface area contributed by atoms with Gasteiger partial charge in [-0.2, -0.15) is 0 Å². The molecule has 1 heterocycles. The zero-order chi connectivity index (χ0) is 21.2. The van der Waals surface area contributed by atoms with Crippen molar-refractivity contribution in [3.8, 4) is 5.75 Å². The monoisotopic (exact) mass is 418 g/mol. The number of methoxy groups -OCH3 is 2. The molecule has 1 aliphatic heterocycles. The van der Waals surface area contributed by atoms with Gasteiger partial charge in [0.05, 0.1) is 36.1 Å². The van der Waals surface area contributed by atoms with Crippen molar-refractivity contribution in [2.75, 3.05) is 30.4 Å². The third-order valence-electron chi connectivity index (χ3n) is 4.81. The fourth-order valence-electron chi connectivity index (χ4n) is 3.23. The van der Waals surface area contributed by atoms with Gasteiger partial charge in [-0.25, -0.2) is 13.2 Å². The number of hydrogen-bond acceptors (Lipinski definition) is 6. The molecule has 0 radical (unpaired) electrons. The number of ether oxygens (including phenoxy) is 2.